The summed E-state index contributed by atoms with van der Waals surface area (Å²) in [4.78, 5) is 6.88. The third kappa shape index (κ3) is 6.71. The normalized spacial score (nSPS) is 17.2. The Bertz CT molecular complexity index is 904. The zero-order chi connectivity index (χ0) is 22.2. The first kappa shape index (κ1) is 22.6. The summed E-state index contributed by atoms with van der Waals surface area (Å²) in [6, 6.07) is 15.1. The molecule has 6 heteroatoms. The average molecular weight is 437 g/mol. The maximum absolute atomic E-state index is 6.11. The van der Waals surface area contributed by atoms with Crippen molar-refractivity contribution >= 4 is 5.96 Å². The number of morpholine rings is 1. The smallest absolute Gasteiger partial charge is 0.191 e. The summed E-state index contributed by atoms with van der Waals surface area (Å²) < 4.78 is 11.6. The van der Waals surface area contributed by atoms with Gasteiger partial charge < -0.3 is 20.1 Å². The maximum Gasteiger partial charge on any atom is 0.191 e. The Hall–Kier alpha value is -2.57. The van der Waals surface area contributed by atoms with Crippen LogP contribution in [0.25, 0.3) is 0 Å². The standard InChI is InChI=1S/C26H36N4O2/c1-20-7-10-23(25(15-20)32-19-21-8-9-21)17-29-26(27-2)28-16-22-5-3-4-6-24(22)18-30-11-13-31-14-12-30/h3-7,10,15,21H,8-9,11-14,16-19H2,1-2H3,(H2,27,28,29). The minimum atomic E-state index is 0.676. The minimum Gasteiger partial charge on any atom is -0.493 e. The molecular formula is C26H36N4O2. The highest BCUT2D eigenvalue weighted by atomic mass is 16.5. The molecule has 2 aliphatic rings. The van der Waals surface area contributed by atoms with Crippen molar-refractivity contribution in [3.8, 4) is 5.75 Å². The third-order valence-corrected chi connectivity index (χ3v) is 6.13. The number of ether oxygens (including phenoxy) is 2. The molecular weight excluding hydrogens is 400 g/mol. The van der Waals surface area contributed by atoms with Gasteiger partial charge in [-0.15, -0.1) is 0 Å². The molecule has 0 radical (unpaired) electrons. The second kappa shape index (κ2) is 11.3. The Labute approximate surface area is 192 Å². The largest absolute Gasteiger partial charge is 0.493 e. The topological polar surface area (TPSA) is 58.1 Å². The molecule has 0 atom stereocenters. The van der Waals surface area contributed by atoms with Crippen LogP contribution in [0.3, 0.4) is 0 Å². The Balaban J connectivity index is 1.32. The molecule has 4 rings (SSSR count). The summed E-state index contributed by atoms with van der Waals surface area (Å²) in [6.45, 7) is 8.93. The van der Waals surface area contributed by atoms with Crippen LogP contribution >= 0.6 is 0 Å². The predicted octanol–water partition coefficient (Wildman–Crippen LogP) is 3.48. The SMILES string of the molecule is CN=C(NCc1ccccc1CN1CCOCC1)NCc1ccc(C)cc1OCC1CC1. The first-order valence-electron chi connectivity index (χ1n) is 11.7. The van der Waals surface area contributed by atoms with Gasteiger partial charge >= 0.3 is 0 Å². The monoisotopic (exact) mass is 436 g/mol. The van der Waals surface area contributed by atoms with Gasteiger partial charge in [-0.05, 0) is 48.4 Å². The lowest BCUT2D eigenvalue weighted by atomic mass is 10.1. The first-order chi connectivity index (χ1) is 15.7. The molecule has 0 bridgehead atoms. The summed E-state index contributed by atoms with van der Waals surface area (Å²) in [7, 11) is 1.81. The summed E-state index contributed by atoms with van der Waals surface area (Å²) in [6.07, 6.45) is 2.59. The molecule has 0 aromatic heterocycles. The van der Waals surface area contributed by atoms with Gasteiger partial charge in [0.1, 0.15) is 5.75 Å². The van der Waals surface area contributed by atoms with Gasteiger partial charge in [-0.1, -0.05) is 36.4 Å². The fourth-order valence-corrected chi connectivity index (χ4v) is 3.90. The van der Waals surface area contributed by atoms with E-state index in [0.717, 1.165) is 69.2 Å². The molecule has 0 spiro atoms. The second-order valence-corrected chi connectivity index (χ2v) is 8.80. The Morgan fingerprint density at radius 1 is 1.03 bits per heavy atom. The number of hydrogen-bond acceptors (Lipinski definition) is 4. The van der Waals surface area contributed by atoms with E-state index < -0.39 is 0 Å². The van der Waals surface area contributed by atoms with Crippen LogP contribution in [-0.2, 0) is 24.4 Å². The van der Waals surface area contributed by atoms with Gasteiger partial charge in [-0.3, -0.25) is 9.89 Å². The number of nitrogens with zero attached hydrogens (tertiary/aromatic N) is 2. The summed E-state index contributed by atoms with van der Waals surface area (Å²) in [5, 5.41) is 6.93. The zero-order valence-electron chi connectivity index (χ0n) is 19.4. The van der Waals surface area contributed by atoms with E-state index in [4.69, 9.17) is 9.47 Å². The molecule has 1 heterocycles. The third-order valence-electron chi connectivity index (χ3n) is 6.13. The average Bonchev–Trinajstić information content (AvgIpc) is 3.65. The molecule has 172 valence electrons. The van der Waals surface area contributed by atoms with Gasteiger partial charge in [0.05, 0.1) is 19.8 Å². The highest BCUT2D eigenvalue weighted by molar-refractivity contribution is 5.79. The van der Waals surface area contributed by atoms with Crippen LogP contribution in [0.5, 0.6) is 5.75 Å². The Kier molecular flexibility index (Phi) is 8.02. The fourth-order valence-electron chi connectivity index (χ4n) is 3.90. The van der Waals surface area contributed by atoms with Crippen molar-refractivity contribution in [2.45, 2.75) is 39.4 Å². The number of benzene rings is 2. The minimum absolute atomic E-state index is 0.676. The summed E-state index contributed by atoms with van der Waals surface area (Å²) in [5.74, 6) is 2.51. The molecule has 2 N–H and O–H groups in total. The van der Waals surface area contributed by atoms with Gasteiger partial charge in [-0.25, -0.2) is 0 Å². The number of nitrogens with one attached hydrogen (secondary N) is 2. The first-order valence-corrected chi connectivity index (χ1v) is 11.7. The lowest BCUT2D eigenvalue weighted by molar-refractivity contribution is 0.0341. The Morgan fingerprint density at radius 2 is 1.75 bits per heavy atom. The van der Waals surface area contributed by atoms with Gasteiger partial charge in [0.15, 0.2) is 5.96 Å². The van der Waals surface area contributed by atoms with E-state index >= 15 is 0 Å². The molecule has 32 heavy (non-hydrogen) atoms. The number of hydrogen-bond donors (Lipinski definition) is 2. The zero-order valence-corrected chi connectivity index (χ0v) is 19.4. The second-order valence-electron chi connectivity index (χ2n) is 8.80. The molecule has 2 aromatic rings. The number of aliphatic imine (C=N–C) groups is 1. The van der Waals surface area contributed by atoms with Crippen molar-refractivity contribution in [2.75, 3.05) is 40.0 Å². The fraction of sp³-hybridized carbons (Fsp3) is 0.500. The van der Waals surface area contributed by atoms with Gasteiger partial charge in [0, 0.05) is 45.3 Å². The highest BCUT2D eigenvalue weighted by Gasteiger charge is 2.22. The van der Waals surface area contributed by atoms with Crippen LogP contribution in [0, 0.1) is 12.8 Å². The summed E-state index contributed by atoms with van der Waals surface area (Å²) >= 11 is 0. The van der Waals surface area contributed by atoms with Gasteiger partial charge in [-0.2, -0.15) is 0 Å². The van der Waals surface area contributed by atoms with Crippen LogP contribution < -0.4 is 15.4 Å². The van der Waals surface area contributed by atoms with Crippen LogP contribution in [0.2, 0.25) is 0 Å². The van der Waals surface area contributed by atoms with E-state index in [-0.39, 0.29) is 0 Å². The van der Waals surface area contributed by atoms with Crippen molar-refractivity contribution in [3.63, 3.8) is 0 Å². The van der Waals surface area contributed by atoms with Crippen molar-refractivity contribution < 1.29 is 9.47 Å². The molecule has 1 saturated heterocycles. The molecule has 1 saturated carbocycles. The molecule has 6 nitrogen and oxygen atoms in total. The van der Waals surface area contributed by atoms with Crippen molar-refractivity contribution in [2.24, 2.45) is 10.9 Å². The van der Waals surface area contributed by atoms with Crippen molar-refractivity contribution in [3.05, 3.63) is 64.7 Å². The van der Waals surface area contributed by atoms with E-state index in [9.17, 15) is 0 Å². The van der Waals surface area contributed by atoms with Gasteiger partial charge in [0.25, 0.3) is 0 Å². The van der Waals surface area contributed by atoms with E-state index in [1.165, 1.54) is 29.5 Å². The van der Waals surface area contributed by atoms with Crippen LogP contribution in [-0.4, -0.2) is 50.8 Å². The van der Waals surface area contributed by atoms with Crippen LogP contribution in [0.1, 0.15) is 35.1 Å². The van der Waals surface area contributed by atoms with Crippen LogP contribution in [0.15, 0.2) is 47.5 Å². The van der Waals surface area contributed by atoms with Gasteiger partial charge in [0.2, 0.25) is 0 Å². The predicted molar refractivity (Wildman–Crippen MR) is 129 cm³/mol. The van der Waals surface area contributed by atoms with Crippen molar-refractivity contribution in [1.29, 1.82) is 0 Å². The van der Waals surface area contributed by atoms with E-state index in [1.54, 1.807) is 0 Å². The molecule has 1 aliphatic heterocycles. The Morgan fingerprint density at radius 3 is 2.47 bits per heavy atom. The van der Waals surface area contributed by atoms with E-state index in [0.29, 0.717) is 6.54 Å². The van der Waals surface area contributed by atoms with Crippen LogP contribution in [0.4, 0.5) is 0 Å². The van der Waals surface area contributed by atoms with Crippen molar-refractivity contribution in [1.82, 2.24) is 15.5 Å². The number of aryl methyl sites for hydroxylation is 1. The van der Waals surface area contributed by atoms with E-state index in [1.807, 2.05) is 7.05 Å². The maximum atomic E-state index is 6.11. The quantitative estimate of drug-likeness (QED) is 0.466. The number of guanidine groups is 1. The molecule has 2 fully saturated rings. The number of rotatable bonds is 9. The summed E-state index contributed by atoms with van der Waals surface area (Å²) in [5.41, 5.74) is 5.03. The lowest BCUT2D eigenvalue weighted by Gasteiger charge is -2.27. The highest BCUT2D eigenvalue weighted by Crippen LogP contribution is 2.30. The molecule has 1 aliphatic carbocycles. The lowest BCUT2D eigenvalue weighted by Crippen LogP contribution is -2.37. The molecule has 0 amide bonds. The molecule has 0 unspecified atom stereocenters. The van der Waals surface area contributed by atoms with E-state index in [2.05, 4.69) is 69.9 Å². The molecule has 2 aromatic carbocycles.